The van der Waals surface area contributed by atoms with Gasteiger partial charge in [-0.1, -0.05) is 0 Å². The van der Waals surface area contributed by atoms with Crippen LogP contribution in [0.25, 0.3) is 0 Å². The first-order chi connectivity index (χ1) is 9.47. The summed E-state index contributed by atoms with van der Waals surface area (Å²) in [5, 5.41) is 11.2. The van der Waals surface area contributed by atoms with Crippen LogP contribution >= 0.6 is 0 Å². The molecular formula is C13H15N3O4. The second kappa shape index (κ2) is 5.60. The molecule has 1 saturated heterocycles. The van der Waals surface area contributed by atoms with Gasteiger partial charge in [0, 0.05) is 24.3 Å². The molecule has 1 aliphatic rings. The van der Waals surface area contributed by atoms with Crippen molar-refractivity contribution in [3.63, 3.8) is 0 Å². The van der Waals surface area contributed by atoms with Crippen LogP contribution in [-0.2, 0) is 9.59 Å². The first-order valence-electron chi connectivity index (χ1n) is 6.11. The molecular weight excluding hydrogens is 262 g/mol. The molecule has 1 aromatic rings. The molecule has 0 radical (unpaired) electrons. The van der Waals surface area contributed by atoms with Crippen molar-refractivity contribution < 1.29 is 19.5 Å². The number of carbonyl (C=O) groups is 3. The van der Waals surface area contributed by atoms with Crippen LogP contribution in [0.3, 0.4) is 0 Å². The third-order valence-electron chi connectivity index (χ3n) is 3.16. The lowest BCUT2D eigenvalue weighted by atomic mass is 10.0. The van der Waals surface area contributed by atoms with Gasteiger partial charge in [-0.15, -0.1) is 0 Å². The van der Waals surface area contributed by atoms with Gasteiger partial charge in [0.05, 0.1) is 12.5 Å². The van der Waals surface area contributed by atoms with Gasteiger partial charge in [-0.25, -0.2) is 0 Å². The molecule has 7 nitrogen and oxygen atoms in total. The van der Waals surface area contributed by atoms with Crippen LogP contribution in [0.4, 0.5) is 5.69 Å². The second-order valence-electron chi connectivity index (χ2n) is 4.64. The van der Waals surface area contributed by atoms with Crippen LogP contribution in [0.1, 0.15) is 10.4 Å². The number of nitrogen functional groups attached to an aromatic ring is 1. The van der Waals surface area contributed by atoms with Crippen molar-refractivity contribution in [1.82, 2.24) is 10.2 Å². The van der Waals surface area contributed by atoms with E-state index < -0.39 is 11.9 Å². The summed E-state index contributed by atoms with van der Waals surface area (Å²) in [6.45, 7) is 0.257. The topological polar surface area (TPSA) is 113 Å². The number of likely N-dealkylation sites (tertiary alicyclic amines) is 1. The Morgan fingerprint density at radius 2 is 1.85 bits per heavy atom. The normalized spacial score (nSPS) is 14.5. The van der Waals surface area contributed by atoms with E-state index in [9.17, 15) is 14.4 Å². The van der Waals surface area contributed by atoms with Crippen molar-refractivity contribution in [2.24, 2.45) is 5.92 Å². The number of amides is 2. The monoisotopic (exact) mass is 277 g/mol. The van der Waals surface area contributed by atoms with E-state index in [2.05, 4.69) is 5.32 Å². The minimum atomic E-state index is -0.903. The van der Waals surface area contributed by atoms with Crippen molar-refractivity contribution in [1.29, 1.82) is 0 Å². The first kappa shape index (κ1) is 13.9. The highest BCUT2D eigenvalue weighted by Crippen LogP contribution is 2.15. The Kier molecular flexibility index (Phi) is 3.88. The Morgan fingerprint density at radius 1 is 1.25 bits per heavy atom. The maximum absolute atomic E-state index is 11.7. The summed E-state index contributed by atoms with van der Waals surface area (Å²) < 4.78 is 0. The molecule has 1 aliphatic heterocycles. The smallest absolute Gasteiger partial charge is 0.310 e. The maximum atomic E-state index is 11.7. The van der Waals surface area contributed by atoms with Crippen molar-refractivity contribution in [2.45, 2.75) is 0 Å². The number of rotatable bonds is 4. The van der Waals surface area contributed by atoms with E-state index in [1.807, 2.05) is 0 Å². The summed E-state index contributed by atoms with van der Waals surface area (Å²) >= 11 is 0. The van der Waals surface area contributed by atoms with E-state index in [-0.39, 0.29) is 31.4 Å². The van der Waals surface area contributed by atoms with Gasteiger partial charge in [-0.3, -0.25) is 14.4 Å². The SMILES string of the molecule is Nc1ccc(C(=O)NCC(=O)N2CC(C(=O)O)C2)cc1. The Hall–Kier alpha value is -2.57. The maximum Gasteiger partial charge on any atom is 0.310 e. The molecule has 2 rings (SSSR count). The molecule has 0 atom stereocenters. The molecule has 4 N–H and O–H groups in total. The van der Waals surface area contributed by atoms with Crippen LogP contribution in [0, 0.1) is 5.92 Å². The van der Waals surface area contributed by atoms with Crippen molar-refractivity contribution >= 4 is 23.5 Å². The Balaban J connectivity index is 1.78. The van der Waals surface area contributed by atoms with Crippen molar-refractivity contribution in [3.05, 3.63) is 29.8 Å². The number of carbonyl (C=O) groups excluding carboxylic acids is 2. The molecule has 0 saturated carbocycles. The number of nitrogens with two attached hydrogens (primary N) is 1. The fraction of sp³-hybridized carbons (Fsp3) is 0.308. The zero-order valence-electron chi connectivity index (χ0n) is 10.7. The quantitative estimate of drug-likeness (QED) is 0.645. The first-order valence-corrected chi connectivity index (χ1v) is 6.11. The molecule has 7 heteroatoms. The molecule has 0 bridgehead atoms. The number of nitrogens with one attached hydrogen (secondary N) is 1. The molecule has 2 amide bonds. The number of nitrogens with zero attached hydrogens (tertiary/aromatic N) is 1. The summed E-state index contributed by atoms with van der Waals surface area (Å²) in [7, 11) is 0. The molecule has 0 aliphatic carbocycles. The van der Waals surface area contributed by atoms with Gasteiger partial charge in [-0.2, -0.15) is 0 Å². The second-order valence-corrected chi connectivity index (χ2v) is 4.64. The van der Waals surface area contributed by atoms with E-state index in [1.165, 1.54) is 4.90 Å². The minimum absolute atomic E-state index is 0.143. The predicted molar refractivity (Wildman–Crippen MR) is 70.9 cm³/mol. The van der Waals surface area contributed by atoms with Crippen LogP contribution in [0.15, 0.2) is 24.3 Å². The van der Waals surface area contributed by atoms with Crippen LogP contribution < -0.4 is 11.1 Å². The molecule has 20 heavy (non-hydrogen) atoms. The summed E-state index contributed by atoms with van der Waals surface area (Å²) in [4.78, 5) is 35.4. The predicted octanol–water partition coefficient (Wildman–Crippen LogP) is -0.458. The number of carboxylic acid groups (broad SMARTS) is 1. The summed E-state index contributed by atoms with van der Waals surface area (Å²) in [5.74, 6) is -2.05. The lowest BCUT2D eigenvalue weighted by Gasteiger charge is -2.36. The number of hydrogen-bond acceptors (Lipinski definition) is 4. The number of anilines is 1. The van der Waals surface area contributed by atoms with Gasteiger partial charge in [0.25, 0.3) is 5.91 Å². The highest BCUT2D eigenvalue weighted by molar-refractivity contribution is 5.96. The number of carboxylic acids is 1. The van der Waals surface area contributed by atoms with Gasteiger partial charge < -0.3 is 21.1 Å². The average molecular weight is 277 g/mol. The molecule has 1 fully saturated rings. The van der Waals surface area contributed by atoms with Crippen molar-refractivity contribution in [2.75, 3.05) is 25.4 Å². The third kappa shape index (κ3) is 3.05. The molecule has 0 spiro atoms. The molecule has 0 unspecified atom stereocenters. The van der Waals surface area contributed by atoms with Crippen LogP contribution in [0.2, 0.25) is 0 Å². The summed E-state index contributed by atoms with van der Waals surface area (Å²) in [6, 6.07) is 6.34. The molecule has 1 heterocycles. The van der Waals surface area contributed by atoms with Crippen LogP contribution in [0.5, 0.6) is 0 Å². The number of benzene rings is 1. The lowest BCUT2D eigenvalue weighted by Crippen LogP contribution is -2.55. The van der Waals surface area contributed by atoms with Gasteiger partial charge in [-0.05, 0) is 24.3 Å². The van der Waals surface area contributed by atoms with Gasteiger partial charge in [0.2, 0.25) is 5.91 Å². The lowest BCUT2D eigenvalue weighted by molar-refractivity contribution is -0.152. The summed E-state index contributed by atoms with van der Waals surface area (Å²) in [6.07, 6.45) is 0. The highest BCUT2D eigenvalue weighted by Gasteiger charge is 2.35. The minimum Gasteiger partial charge on any atom is -0.481 e. The van der Waals surface area contributed by atoms with E-state index in [1.54, 1.807) is 24.3 Å². The largest absolute Gasteiger partial charge is 0.481 e. The van der Waals surface area contributed by atoms with Gasteiger partial charge in [0.1, 0.15) is 0 Å². The van der Waals surface area contributed by atoms with E-state index >= 15 is 0 Å². The highest BCUT2D eigenvalue weighted by atomic mass is 16.4. The average Bonchev–Trinajstić information content (AvgIpc) is 2.34. The molecule has 1 aromatic carbocycles. The summed E-state index contributed by atoms with van der Waals surface area (Å²) in [5.41, 5.74) is 6.48. The number of hydrogen-bond donors (Lipinski definition) is 3. The Labute approximate surface area is 115 Å². The Bertz CT molecular complexity index is 535. The third-order valence-corrected chi connectivity index (χ3v) is 3.16. The standard InChI is InChI=1S/C13H15N3O4/c14-10-3-1-8(2-4-10)12(18)15-5-11(17)16-6-9(7-16)13(19)20/h1-4,9H,5-7,14H2,(H,15,18)(H,19,20). The van der Waals surface area contributed by atoms with Gasteiger partial charge >= 0.3 is 5.97 Å². The Morgan fingerprint density at radius 3 is 2.40 bits per heavy atom. The number of aliphatic carboxylic acids is 1. The van der Waals surface area contributed by atoms with E-state index in [0.29, 0.717) is 11.3 Å². The fourth-order valence-corrected chi connectivity index (χ4v) is 1.84. The fourth-order valence-electron chi connectivity index (χ4n) is 1.84. The molecule has 0 aromatic heterocycles. The van der Waals surface area contributed by atoms with Gasteiger partial charge in [0.15, 0.2) is 0 Å². The van der Waals surface area contributed by atoms with Crippen LogP contribution in [-0.4, -0.2) is 47.4 Å². The zero-order valence-corrected chi connectivity index (χ0v) is 10.7. The van der Waals surface area contributed by atoms with E-state index in [4.69, 9.17) is 10.8 Å². The van der Waals surface area contributed by atoms with Crippen molar-refractivity contribution in [3.8, 4) is 0 Å². The molecule has 106 valence electrons. The van der Waals surface area contributed by atoms with E-state index in [0.717, 1.165) is 0 Å². The zero-order chi connectivity index (χ0) is 14.7.